The van der Waals surface area contributed by atoms with Crippen molar-refractivity contribution in [2.75, 3.05) is 18.8 Å². The van der Waals surface area contributed by atoms with Crippen molar-refractivity contribution in [1.29, 1.82) is 0 Å². The van der Waals surface area contributed by atoms with Crippen molar-refractivity contribution in [2.45, 2.75) is 12.7 Å². The monoisotopic (exact) mass is 303 g/mol. The van der Waals surface area contributed by atoms with Gasteiger partial charge in [-0.05, 0) is 23.6 Å². The van der Waals surface area contributed by atoms with Crippen molar-refractivity contribution < 1.29 is 4.79 Å². The average molecular weight is 304 g/mol. The maximum Gasteiger partial charge on any atom is 0.232 e. The molecule has 0 saturated carbocycles. The standard InChI is InChI=1S/C13H15Cl2NOS/c1-9-5-16(6-9)13(17)8-18-7-10-2-3-11(14)4-12(10)15/h2-4,9H,5-8H2,1H3. The first-order valence-electron chi connectivity index (χ1n) is 5.85. The van der Waals surface area contributed by atoms with E-state index in [4.69, 9.17) is 23.2 Å². The Morgan fingerprint density at radius 2 is 2.17 bits per heavy atom. The fourth-order valence-corrected chi connectivity index (χ4v) is 3.37. The summed E-state index contributed by atoms with van der Waals surface area (Å²) in [5.41, 5.74) is 1.02. The molecule has 0 N–H and O–H groups in total. The summed E-state index contributed by atoms with van der Waals surface area (Å²) in [7, 11) is 0. The molecule has 2 rings (SSSR count). The van der Waals surface area contributed by atoms with Gasteiger partial charge in [0.25, 0.3) is 0 Å². The summed E-state index contributed by atoms with van der Waals surface area (Å²) in [4.78, 5) is 13.7. The Hall–Kier alpha value is -0.380. The second kappa shape index (κ2) is 6.18. The predicted molar refractivity (Wildman–Crippen MR) is 78.4 cm³/mol. The molecule has 0 aliphatic carbocycles. The summed E-state index contributed by atoms with van der Waals surface area (Å²) in [6.45, 7) is 3.96. The molecular weight excluding hydrogens is 289 g/mol. The topological polar surface area (TPSA) is 20.3 Å². The van der Waals surface area contributed by atoms with Crippen LogP contribution in [0.15, 0.2) is 18.2 Å². The molecule has 1 aromatic rings. The van der Waals surface area contributed by atoms with Gasteiger partial charge in [0, 0.05) is 28.9 Å². The molecule has 0 atom stereocenters. The lowest BCUT2D eigenvalue weighted by Crippen LogP contribution is -2.49. The highest BCUT2D eigenvalue weighted by atomic mass is 35.5. The molecule has 18 heavy (non-hydrogen) atoms. The SMILES string of the molecule is CC1CN(C(=O)CSCc2ccc(Cl)cc2Cl)C1. The minimum Gasteiger partial charge on any atom is -0.341 e. The van der Waals surface area contributed by atoms with Crippen molar-refractivity contribution in [3.63, 3.8) is 0 Å². The zero-order valence-corrected chi connectivity index (χ0v) is 12.5. The Labute approximate surface area is 122 Å². The van der Waals surface area contributed by atoms with Gasteiger partial charge in [-0.25, -0.2) is 0 Å². The maximum absolute atomic E-state index is 11.8. The molecule has 5 heteroatoms. The van der Waals surface area contributed by atoms with Crippen molar-refractivity contribution >= 4 is 40.9 Å². The molecule has 0 radical (unpaired) electrons. The van der Waals surface area contributed by atoms with Crippen LogP contribution in [0.1, 0.15) is 12.5 Å². The first-order chi connectivity index (χ1) is 8.56. The third kappa shape index (κ3) is 3.56. The van der Waals surface area contributed by atoms with Gasteiger partial charge in [-0.15, -0.1) is 11.8 Å². The summed E-state index contributed by atoms with van der Waals surface area (Å²) < 4.78 is 0. The molecular formula is C13H15Cl2NOS. The number of nitrogens with zero attached hydrogens (tertiary/aromatic N) is 1. The number of carbonyl (C=O) groups is 1. The van der Waals surface area contributed by atoms with Gasteiger partial charge < -0.3 is 4.90 Å². The van der Waals surface area contributed by atoms with E-state index in [0.717, 1.165) is 24.4 Å². The van der Waals surface area contributed by atoms with Crippen LogP contribution in [0.3, 0.4) is 0 Å². The summed E-state index contributed by atoms with van der Waals surface area (Å²) in [6.07, 6.45) is 0. The Morgan fingerprint density at radius 3 is 2.78 bits per heavy atom. The van der Waals surface area contributed by atoms with E-state index in [1.54, 1.807) is 17.8 Å². The van der Waals surface area contributed by atoms with E-state index >= 15 is 0 Å². The second-order valence-corrected chi connectivity index (χ2v) is 6.46. The molecule has 0 unspecified atom stereocenters. The zero-order chi connectivity index (χ0) is 13.1. The first-order valence-corrected chi connectivity index (χ1v) is 7.77. The molecule has 1 aliphatic heterocycles. The summed E-state index contributed by atoms with van der Waals surface area (Å²) in [6, 6.07) is 5.47. The largest absolute Gasteiger partial charge is 0.341 e. The molecule has 2 nitrogen and oxygen atoms in total. The average Bonchev–Trinajstić information content (AvgIpc) is 2.27. The highest BCUT2D eigenvalue weighted by molar-refractivity contribution is 7.99. The molecule has 0 aromatic heterocycles. The highest BCUT2D eigenvalue weighted by Crippen LogP contribution is 2.25. The molecule has 98 valence electrons. The minimum atomic E-state index is 0.225. The van der Waals surface area contributed by atoms with Crippen LogP contribution >= 0.6 is 35.0 Å². The first kappa shape index (κ1) is 14.0. The predicted octanol–water partition coefficient (Wildman–Crippen LogP) is 3.70. The van der Waals surface area contributed by atoms with Gasteiger partial charge >= 0.3 is 0 Å². The lowest BCUT2D eigenvalue weighted by Gasteiger charge is -2.37. The van der Waals surface area contributed by atoms with Crippen LogP contribution in [0.25, 0.3) is 0 Å². The summed E-state index contributed by atoms with van der Waals surface area (Å²) in [5.74, 6) is 2.14. The van der Waals surface area contributed by atoms with Gasteiger partial charge in [0.1, 0.15) is 0 Å². The van der Waals surface area contributed by atoms with Gasteiger partial charge in [0.05, 0.1) is 5.75 Å². The van der Waals surface area contributed by atoms with E-state index in [9.17, 15) is 4.79 Å². The minimum absolute atomic E-state index is 0.225. The van der Waals surface area contributed by atoms with Crippen molar-refractivity contribution in [1.82, 2.24) is 4.90 Å². The van der Waals surface area contributed by atoms with Crippen molar-refractivity contribution in [3.8, 4) is 0 Å². The molecule has 1 heterocycles. The fourth-order valence-electron chi connectivity index (χ4n) is 1.88. The van der Waals surface area contributed by atoms with Crippen LogP contribution in [0.4, 0.5) is 0 Å². The number of halogens is 2. The van der Waals surface area contributed by atoms with Crippen LogP contribution in [0.5, 0.6) is 0 Å². The van der Waals surface area contributed by atoms with Crippen LogP contribution in [-0.4, -0.2) is 29.6 Å². The van der Waals surface area contributed by atoms with Gasteiger partial charge in [0.2, 0.25) is 5.91 Å². The van der Waals surface area contributed by atoms with Crippen molar-refractivity contribution in [2.24, 2.45) is 5.92 Å². The molecule has 1 aromatic carbocycles. The number of hydrogen-bond acceptors (Lipinski definition) is 2. The lowest BCUT2D eigenvalue weighted by atomic mass is 10.0. The van der Waals surface area contributed by atoms with Crippen LogP contribution < -0.4 is 0 Å². The van der Waals surface area contributed by atoms with Gasteiger partial charge in [-0.1, -0.05) is 36.2 Å². The van der Waals surface area contributed by atoms with E-state index < -0.39 is 0 Å². The van der Waals surface area contributed by atoms with E-state index in [-0.39, 0.29) is 5.91 Å². The van der Waals surface area contributed by atoms with Gasteiger partial charge in [0.15, 0.2) is 0 Å². The molecule has 1 fully saturated rings. The fraction of sp³-hybridized carbons (Fsp3) is 0.462. The van der Waals surface area contributed by atoms with Gasteiger partial charge in [-0.3, -0.25) is 4.79 Å². The lowest BCUT2D eigenvalue weighted by molar-refractivity contribution is -0.134. The Kier molecular flexibility index (Phi) is 4.82. The molecule has 0 bridgehead atoms. The Morgan fingerprint density at radius 1 is 1.44 bits per heavy atom. The Balaban J connectivity index is 1.76. The number of likely N-dealkylation sites (tertiary alicyclic amines) is 1. The number of thioether (sulfide) groups is 1. The Bertz CT molecular complexity index is 447. The number of benzene rings is 1. The van der Waals surface area contributed by atoms with Crippen LogP contribution in [0.2, 0.25) is 10.0 Å². The number of amides is 1. The molecule has 1 saturated heterocycles. The van der Waals surface area contributed by atoms with Crippen LogP contribution in [0, 0.1) is 5.92 Å². The van der Waals surface area contributed by atoms with E-state index in [1.807, 2.05) is 17.0 Å². The zero-order valence-electron chi connectivity index (χ0n) is 10.2. The number of rotatable bonds is 4. The van der Waals surface area contributed by atoms with Gasteiger partial charge in [-0.2, -0.15) is 0 Å². The summed E-state index contributed by atoms with van der Waals surface area (Å²) in [5, 5.41) is 1.31. The van der Waals surface area contributed by atoms with Crippen LogP contribution in [-0.2, 0) is 10.5 Å². The normalized spacial score (nSPS) is 15.6. The number of carbonyl (C=O) groups excluding carboxylic acids is 1. The smallest absolute Gasteiger partial charge is 0.232 e. The quantitative estimate of drug-likeness (QED) is 0.845. The molecule has 1 aliphatic rings. The maximum atomic E-state index is 11.8. The molecule has 1 amide bonds. The third-order valence-electron chi connectivity index (χ3n) is 2.92. The summed E-state index contributed by atoms with van der Waals surface area (Å²) >= 11 is 13.5. The highest BCUT2D eigenvalue weighted by Gasteiger charge is 2.26. The molecule has 0 spiro atoms. The van der Waals surface area contributed by atoms with E-state index in [1.165, 1.54) is 0 Å². The second-order valence-electron chi connectivity index (χ2n) is 4.63. The van der Waals surface area contributed by atoms with Crippen molar-refractivity contribution in [3.05, 3.63) is 33.8 Å². The van der Waals surface area contributed by atoms with E-state index in [2.05, 4.69) is 6.92 Å². The third-order valence-corrected chi connectivity index (χ3v) is 4.47. The van der Waals surface area contributed by atoms with E-state index in [0.29, 0.717) is 21.7 Å². The number of hydrogen-bond donors (Lipinski definition) is 0.